The monoisotopic (exact) mass is 492 g/mol. The molecule has 1 heterocycles. The minimum Gasteiger partial charge on any atom is -0.356 e. The smallest absolute Gasteiger partial charge is 0.243 e. The van der Waals surface area contributed by atoms with Gasteiger partial charge in [0.05, 0.1) is 0 Å². The van der Waals surface area contributed by atoms with Crippen LogP contribution in [0.4, 0.5) is 0 Å². The molecule has 0 unspecified atom stereocenters. The molecule has 1 fully saturated rings. The van der Waals surface area contributed by atoms with Crippen LogP contribution in [0.25, 0.3) is 0 Å². The Bertz CT molecular complexity index is 540. The third-order valence-corrected chi connectivity index (χ3v) is 5.82. The van der Waals surface area contributed by atoms with Crippen LogP contribution in [0, 0.1) is 5.92 Å². The highest BCUT2D eigenvalue weighted by atomic mass is 127. The number of nitrogens with one attached hydrogen (secondary N) is 2. The third kappa shape index (κ3) is 8.24. The Kier molecular flexibility index (Phi) is 11.2. The Morgan fingerprint density at radius 1 is 1.31 bits per heavy atom. The highest BCUT2D eigenvalue weighted by Crippen LogP contribution is 2.26. The van der Waals surface area contributed by atoms with Gasteiger partial charge >= 0.3 is 0 Å². The summed E-state index contributed by atoms with van der Waals surface area (Å²) in [5.74, 6) is 1.67. The molecule has 2 N–H and O–H groups in total. The van der Waals surface area contributed by atoms with Gasteiger partial charge in [-0.1, -0.05) is 19.4 Å². The first kappa shape index (κ1) is 23.2. The van der Waals surface area contributed by atoms with Crippen LogP contribution in [0.1, 0.15) is 43.9 Å². The van der Waals surface area contributed by atoms with E-state index in [0.717, 1.165) is 24.8 Å². The predicted molar refractivity (Wildman–Crippen MR) is 122 cm³/mol. The summed E-state index contributed by atoms with van der Waals surface area (Å²) >= 11 is 1.77. The molecule has 1 aromatic rings. The summed E-state index contributed by atoms with van der Waals surface area (Å²) in [7, 11) is 3.53. The molecule has 0 aliphatic heterocycles. The maximum atomic E-state index is 11.8. The summed E-state index contributed by atoms with van der Waals surface area (Å²) in [4.78, 5) is 19.3. The van der Waals surface area contributed by atoms with Crippen LogP contribution in [0.5, 0.6) is 0 Å². The van der Waals surface area contributed by atoms with Crippen LogP contribution in [0.3, 0.4) is 0 Å². The number of carbonyl (C=O) groups is 1. The molecule has 7 heteroatoms. The van der Waals surface area contributed by atoms with Crippen molar-refractivity contribution in [2.75, 3.05) is 27.2 Å². The van der Waals surface area contributed by atoms with Crippen molar-refractivity contribution < 1.29 is 4.79 Å². The number of nitrogens with zero attached hydrogens (tertiary/aromatic N) is 2. The second kappa shape index (κ2) is 12.5. The van der Waals surface area contributed by atoms with Crippen molar-refractivity contribution in [2.24, 2.45) is 10.9 Å². The minimum absolute atomic E-state index is 0. The Balaban J connectivity index is 0.00000338. The molecule has 0 saturated heterocycles. The molecule has 0 radical (unpaired) electrons. The predicted octanol–water partition coefficient (Wildman–Crippen LogP) is 3.50. The summed E-state index contributed by atoms with van der Waals surface area (Å²) in [5.41, 5.74) is 0. The minimum atomic E-state index is 0. The van der Waals surface area contributed by atoms with E-state index in [2.05, 4.69) is 40.1 Å². The molecule has 1 saturated carbocycles. The molecular formula is C19H33IN4OS. The lowest BCUT2D eigenvalue weighted by molar-refractivity contribution is -0.127. The molecule has 1 aliphatic rings. The quantitative estimate of drug-likeness (QED) is 0.348. The van der Waals surface area contributed by atoms with E-state index in [1.165, 1.54) is 37.0 Å². The first-order chi connectivity index (χ1) is 12.1. The molecule has 0 spiro atoms. The van der Waals surface area contributed by atoms with Gasteiger partial charge in [0.15, 0.2) is 5.96 Å². The maximum Gasteiger partial charge on any atom is 0.243 e. The number of aliphatic imine (C=N–C) groups is 1. The van der Waals surface area contributed by atoms with Crippen LogP contribution in [0.15, 0.2) is 22.5 Å². The van der Waals surface area contributed by atoms with Crippen molar-refractivity contribution in [3.8, 4) is 0 Å². The highest BCUT2D eigenvalue weighted by Gasteiger charge is 2.20. The normalized spacial score (nSPS) is 20.2. The van der Waals surface area contributed by atoms with E-state index < -0.39 is 0 Å². The Hall–Kier alpha value is -0.830. The highest BCUT2D eigenvalue weighted by molar-refractivity contribution is 14.0. The van der Waals surface area contributed by atoms with E-state index in [4.69, 9.17) is 0 Å². The molecule has 26 heavy (non-hydrogen) atoms. The van der Waals surface area contributed by atoms with E-state index in [9.17, 15) is 4.79 Å². The number of amides is 1. The zero-order chi connectivity index (χ0) is 18.1. The molecule has 1 aromatic heterocycles. The first-order valence-corrected chi connectivity index (χ1v) is 10.2. The number of thiophene rings is 1. The van der Waals surface area contributed by atoms with Gasteiger partial charge in [-0.2, -0.15) is 0 Å². The van der Waals surface area contributed by atoms with Crippen LogP contribution < -0.4 is 10.6 Å². The molecule has 0 aromatic carbocycles. The van der Waals surface area contributed by atoms with Crippen molar-refractivity contribution in [1.82, 2.24) is 15.5 Å². The van der Waals surface area contributed by atoms with Crippen molar-refractivity contribution in [3.05, 3.63) is 22.4 Å². The topological polar surface area (TPSA) is 56.7 Å². The third-order valence-electron chi connectivity index (χ3n) is 4.88. The SMILES string of the molecule is CCC1CCC(NC(=NCC(=O)N(C)C)NCCc2cccs2)CC1.I. The number of hydrogen-bond acceptors (Lipinski definition) is 3. The fraction of sp³-hybridized carbons (Fsp3) is 0.684. The summed E-state index contributed by atoms with van der Waals surface area (Å²) in [6.07, 6.45) is 7.20. The van der Waals surface area contributed by atoms with E-state index in [1.54, 1.807) is 30.3 Å². The van der Waals surface area contributed by atoms with Crippen LogP contribution in [-0.2, 0) is 11.2 Å². The van der Waals surface area contributed by atoms with Crippen molar-refractivity contribution in [3.63, 3.8) is 0 Å². The fourth-order valence-electron chi connectivity index (χ4n) is 3.11. The Morgan fingerprint density at radius 3 is 2.62 bits per heavy atom. The van der Waals surface area contributed by atoms with Crippen LogP contribution >= 0.6 is 35.3 Å². The van der Waals surface area contributed by atoms with Gasteiger partial charge in [-0.25, -0.2) is 4.99 Å². The molecule has 1 aliphatic carbocycles. The van der Waals surface area contributed by atoms with Crippen molar-refractivity contribution >= 4 is 47.2 Å². The summed E-state index contributed by atoms with van der Waals surface area (Å²) in [6, 6.07) is 4.69. The van der Waals surface area contributed by atoms with Gasteiger partial charge < -0.3 is 15.5 Å². The largest absolute Gasteiger partial charge is 0.356 e. The average Bonchev–Trinajstić information content (AvgIpc) is 3.13. The van der Waals surface area contributed by atoms with E-state index in [1.807, 2.05) is 0 Å². The van der Waals surface area contributed by atoms with Crippen LogP contribution in [-0.4, -0.2) is 50.0 Å². The molecular weight excluding hydrogens is 459 g/mol. The number of guanidine groups is 1. The lowest BCUT2D eigenvalue weighted by Gasteiger charge is -2.29. The van der Waals surface area contributed by atoms with Gasteiger partial charge in [-0.05, 0) is 49.5 Å². The second-order valence-corrected chi connectivity index (χ2v) is 8.01. The average molecular weight is 492 g/mol. The van der Waals surface area contributed by atoms with E-state index in [-0.39, 0.29) is 36.4 Å². The van der Waals surface area contributed by atoms with Gasteiger partial charge in [0.2, 0.25) is 5.91 Å². The summed E-state index contributed by atoms with van der Waals surface area (Å²) in [6.45, 7) is 3.29. The van der Waals surface area contributed by atoms with Crippen molar-refractivity contribution in [1.29, 1.82) is 0 Å². The first-order valence-electron chi connectivity index (χ1n) is 9.35. The van der Waals surface area contributed by atoms with E-state index in [0.29, 0.717) is 6.04 Å². The number of hydrogen-bond donors (Lipinski definition) is 2. The van der Waals surface area contributed by atoms with E-state index >= 15 is 0 Å². The fourth-order valence-corrected chi connectivity index (χ4v) is 3.82. The van der Waals surface area contributed by atoms with Crippen molar-refractivity contribution in [2.45, 2.75) is 51.5 Å². The Labute approximate surface area is 179 Å². The van der Waals surface area contributed by atoms with Gasteiger partial charge in [0.25, 0.3) is 0 Å². The molecule has 1 amide bonds. The van der Waals surface area contributed by atoms with Gasteiger partial charge in [-0.15, -0.1) is 35.3 Å². The second-order valence-electron chi connectivity index (χ2n) is 6.98. The molecule has 2 rings (SSSR count). The van der Waals surface area contributed by atoms with Gasteiger partial charge in [0, 0.05) is 31.6 Å². The number of halogens is 1. The lowest BCUT2D eigenvalue weighted by atomic mass is 9.84. The number of likely N-dealkylation sites (N-methyl/N-ethyl adjacent to an activating group) is 1. The molecule has 0 bridgehead atoms. The number of carbonyl (C=O) groups excluding carboxylic acids is 1. The molecule has 5 nitrogen and oxygen atoms in total. The maximum absolute atomic E-state index is 11.8. The van der Waals surface area contributed by atoms with Gasteiger partial charge in [0.1, 0.15) is 6.54 Å². The number of rotatable bonds is 7. The Morgan fingerprint density at radius 2 is 2.04 bits per heavy atom. The van der Waals surface area contributed by atoms with Gasteiger partial charge in [-0.3, -0.25) is 4.79 Å². The summed E-state index contributed by atoms with van der Waals surface area (Å²) < 4.78 is 0. The zero-order valence-corrected chi connectivity index (χ0v) is 19.3. The lowest BCUT2D eigenvalue weighted by Crippen LogP contribution is -2.46. The standard InChI is InChI=1S/C19H32N4OS.HI/c1-4-15-7-9-16(10-8-15)22-19(21-14-18(24)23(2)3)20-12-11-17-6-5-13-25-17;/h5-6,13,15-16H,4,7-12,14H2,1-3H3,(H2,20,21,22);1H. The molecule has 148 valence electrons. The van der Waals surface area contributed by atoms with Crippen LogP contribution in [0.2, 0.25) is 0 Å². The molecule has 0 atom stereocenters. The summed E-state index contributed by atoms with van der Waals surface area (Å²) in [5, 5.41) is 9.05. The zero-order valence-electron chi connectivity index (χ0n) is 16.2.